The Morgan fingerprint density at radius 1 is 1.53 bits per heavy atom. The van der Waals surface area contributed by atoms with Crippen molar-refractivity contribution in [2.24, 2.45) is 5.14 Å². The summed E-state index contributed by atoms with van der Waals surface area (Å²) in [4.78, 5) is 11.9. The van der Waals surface area contributed by atoms with Crippen molar-refractivity contribution in [1.82, 2.24) is 0 Å². The third kappa shape index (κ3) is 3.42. The topological polar surface area (TPSA) is 101 Å². The van der Waals surface area contributed by atoms with Crippen molar-refractivity contribution in [3.63, 3.8) is 0 Å². The fourth-order valence-corrected chi connectivity index (χ4v) is 2.26. The third-order valence-electron chi connectivity index (χ3n) is 2.77. The van der Waals surface area contributed by atoms with Crippen LogP contribution in [0.25, 0.3) is 0 Å². The van der Waals surface area contributed by atoms with Crippen molar-refractivity contribution in [3.8, 4) is 0 Å². The molecule has 0 aliphatic carbocycles. The number of benzene rings is 1. The monoisotopic (exact) mass is 290 g/mol. The van der Waals surface area contributed by atoms with Gasteiger partial charge in [-0.25, -0.2) is 22.7 Å². The molecule has 0 aliphatic rings. The first-order chi connectivity index (χ1) is 8.68. The van der Waals surface area contributed by atoms with E-state index in [1.165, 1.54) is 18.0 Å². The lowest BCUT2D eigenvalue weighted by molar-refractivity contribution is -0.138. The second-order valence-corrected chi connectivity index (χ2v) is 5.59. The van der Waals surface area contributed by atoms with Crippen molar-refractivity contribution in [3.05, 3.63) is 24.0 Å². The lowest BCUT2D eigenvalue weighted by Crippen LogP contribution is -2.38. The van der Waals surface area contributed by atoms with Crippen LogP contribution in [0.2, 0.25) is 0 Å². The highest BCUT2D eigenvalue weighted by molar-refractivity contribution is 7.89. The summed E-state index contributed by atoms with van der Waals surface area (Å²) in [7, 11) is -2.56. The molecule has 0 aliphatic heterocycles. The molecule has 0 amide bonds. The molecule has 1 aromatic carbocycles. The maximum atomic E-state index is 13.8. The normalized spacial score (nSPS) is 13.1. The predicted octanol–water partition coefficient (Wildman–Crippen LogP) is 0.773. The maximum absolute atomic E-state index is 13.8. The number of halogens is 1. The van der Waals surface area contributed by atoms with E-state index >= 15 is 0 Å². The molecule has 1 aromatic rings. The van der Waals surface area contributed by atoms with Gasteiger partial charge in [-0.15, -0.1) is 0 Å². The molecule has 3 N–H and O–H groups in total. The van der Waals surface area contributed by atoms with Gasteiger partial charge in [0.25, 0.3) is 0 Å². The molecule has 0 spiro atoms. The highest BCUT2D eigenvalue weighted by atomic mass is 32.2. The van der Waals surface area contributed by atoms with Crippen LogP contribution in [0.1, 0.15) is 13.3 Å². The zero-order valence-electron chi connectivity index (χ0n) is 10.5. The van der Waals surface area contributed by atoms with Crippen LogP contribution in [0.5, 0.6) is 0 Å². The van der Waals surface area contributed by atoms with Gasteiger partial charge in [-0.3, -0.25) is 0 Å². The van der Waals surface area contributed by atoms with E-state index in [0.29, 0.717) is 0 Å². The predicted molar refractivity (Wildman–Crippen MR) is 67.9 cm³/mol. The van der Waals surface area contributed by atoms with Crippen LogP contribution in [0, 0.1) is 5.82 Å². The molecule has 0 bridgehead atoms. The number of sulfonamides is 1. The lowest BCUT2D eigenvalue weighted by Gasteiger charge is -2.26. The van der Waals surface area contributed by atoms with E-state index in [-0.39, 0.29) is 17.0 Å². The zero-order chi connectivity index (χ0) is 14.8. The van der Waals surface area contributed by atoms with Crippen molar-refractivity contribution in [1.29, 1.82) is 0 Å². The van der Waals surface area contributed by atoms with E-state index in [1.54, 1.807) is 6.92 Å². The number of hydrogen-bond acceptors (Lipinski definition) is 4. The van der Waals surface area contributed by atoms with Gasteiger partial charge < -0.3 is 10.0 Å². The third-order valence-corrected chi connectivity index (χ3v) is 3.68. The molecule has 0 heterocycles. The van der Waals surface area contributed by atoms with Crippen LogP contribution in [0.3, 0.4) is 0 Å². The van der Waals surface area contributed by atoms with Crippen LogP contribution >= 0.6 is 0 Å². The summed E-state index contributed by atoms with van der Waals surface area (Å²) in [6.45, 7) is 1.66. The van der Waals surface area contributed by atoms with Gasteiger partial charge in [-0.05, 0) is 24.6 Å². The maximum Gasteiger partial charge on any atom is 0.326 e. The molecule has 0 fully saturated rings. The minimum absolute atomic E-state index is 0.00153. The molecule has 1 atom stereocenters. The number of carboxylic acid groups (broad SMARTS) is 1. The molecule has 0 radical (unpaired) electrons. The number of nitrogens with zero attached hydrogens (tertiary/aromatic N) is 1. The highest BCUT2D eigenvalue weighted by Gasteiger charge is 2.23. The van der Waals surface area contributed by atoms with Crippen molar-refractivity contribution in [2.45, 2.75) is 24.3 Å². The van der Waals surface area contributed by atoms with E-state index in [0.717, 1.165) is 12.1 Å². The Morgan fingerprint density at radius 3 is 2.47 bits per heavy atom. The van der Waals surface area contributed by atoms with E-state index in [1.807, 2.05) is 0 Å². The number of nitrogens with two attached hydrogens (primary N) is 1. The SMILES string of the molecule is CCC(C(=O)O)N(C)c1ccc(S(N)(=O)=O)cc1F. The van der Waals surface area contributed by atoms with Gasteiger partial charge in [0.1, 0.15) is 11.9 Å². The lowest BCUT2D eigenvalue weighted by atomic mass is 10.1. The van der Waals surface area contributed by atoms with Gasteiger partial charge in [0.2, 0.25) is 10.0 Å². The number of likely N-dealkylation sites (N-methyl/N-ethyl adjacent to an activating group) is 1. The molecular weight excluding hydrogens is 275 g/mol. The average molecular weight is 290 g/mol. The first-order valence-electron chi connectivity index (χ1n) is 5.46. The summed E-state index contributed by atoms with van der Waals surface area (Å²) in [5.41, 5.74) is 0.00153. The summed E-state index contributed by atoms with van der Waals surface area (Å²) < 4.78 is 36.0. The first-order valence-corrected chi connectivity index (χ1v) is 7.01. The molecular formula is C11H15FN2O4S. The van der Waals surface area contributed by atoms with Gasteiger partial charge in [-0.1, -0.05) is 6.92 Å². The minimum Gasteiger partial charge on any atom is -0.480 e. The average Bonchev–Trinajstić information content (AvgIpc) is 2.27. The van der Waals surface area contributed by atoms with Gasteiger partial charge in [0.15, 0.2) is 0 Å². The molecule has 106 valence electrons. The molecule has 1 unspecified atom stereocenters. The van der Waals surface area contributed by atoms with Crippen LogP contribution in [0.15, 0.2) is 23.1 Å². The van der Waals surface area contributed by atoms with Crippen LogP contribution in [-0.2, 0) is 14.8 Å². The Morgan fingerprint density at radius 2 is 2.11 bits per heavy atom. The summed E-state index contributed by atoms with van der Waals surface area (Å²) >= 11 is 0. The fourth-order valence-electron chi connectivity index (χ4n) is 1.73. The standard InChI is InChI=1S/C11H15FN2O4S/c1-3-9(11(15)16)14(2)10-5-4-7(6-8(10)12)19(13,17)18/h4-6,9H,3H2,1-2H3,(H,15,16)(H2,13,17,18). The van der Waals surface area contributed by atoms with Gasteiger partial charge in [-0.2, -0.15) is 0 Å². The highest BCUT2D eigenvalue weighted by Crippen LogP contribution is 2.23. The fraction of sp³-hybridized carbons (Fsp3) is 0.364. The molecule has 8 heteroatoms. The Hall–Kier alpha value is -1.67. The molecule has 19 heavy (non-hydrogen) atoms. The molecule has 0 saturated heterocycles. The number of rotatable bonds is 5. The van der Waals surface area contributed by atoms with E-state index in [4.69, 9.17) is 10.2 Å². The summed E-state index contributed by atoms with van der Waals surface area (Å²) in [6, 6.07) is 2.21. The molecule has 0 saturated carbocycles. The van der Waals surface area contributed by atoms with Crippen molar-refractivity contribution in [2.75, 3.05) is 11.9 Å². The van der Waals surface area contributed by atoms with E-state index in [9.17, 15) is 17.6 Å². The quantitative estimate of drug-likeness (QED) is 0.834. The molecule has 0 aromatic heterocycles. The van der Waals surface area contributed by atoms with Gasteiger partial charge in [0, 0.05) is 7.05 Å². The van der Waals surface area contributed by atoms with E-state index < -0.39 is 27.9 Å². The van der Waals surface area contributed by atoms with E-state index in [2.05, 4.69) is 0 Å². The van der Waals surface area contributed by atoms with Crippen LogP contribution in [0.4, 0.5) is 10.1 Å². The Kier molecular flexibility index (Phi) is 4.48. The minimum atomic E-state index is -3.98. The largest absolute Gasteiger partial charge is 0.480 e. The van der Waals surface area contributed by atoms with Crippen LogP contribution in [-0.4, -0.2) is 32.6 Å². The van der Waals surface area contributed by atoms with Gasteiger partial charge in [0.05, 0.1) is 10.6 Å². The van der Waals surface area contributed by atoms with Crippen molar-refractivity contribution >= 4 is 21.7 Å². The summed E-state index contributed by atoms with van der Waals surface area (Å²) in [5.74, 6) is -1.92. The Labute approximate surface area is 110 Å². The number of carbonyl (C=O) groups is 1. The Balaban J connectivity index is 3.19. The molecule has 1 rings (SSSR count). The number of hydrogen-bond donors (Lipinski definition) is 2. The first kappa shape index (κ1) is 15.4. The molecule has 6 nitrogen and oxygen atoms in total. The smallest absolute Gasteiger partial charge is 0.326 e. The second-order valence-electron chi connectivity index (χ2n) is 4.03. The van der Waals surface area contributed by atoms with Crippen LogP contribution < -0.4 is 10.0 Å². The number of aliphatic carboxylic acids is 1. The van der Waals surface area contributed by atoms with Gasteiger partial charge >= 0.3 is 5.97 Å². The summed E-state index contributed by atoms with van der Waals surface area (Å²) in [5, 5.41) is 13.9. The number of carboxylic acids is 1. The number of anilines is 1. The van der Waals surface area contributed by atoms with Crippen molar-refractivity contribution < 1.29 is 22.7 Å². The summed E-state index contributed by atoms with van der Waals surface area (Å²) in [6.07, 6.45) is 0.280. The second kappa shape index (κ2) is 5.54. The zero-order valence-corrected chi connectivity index (χ0v) is 11.3. The Bertz CT molecular complexity index is 588. The number of primary sulfonamides is 1.